The Morgan fingerprint density at radius 1 is 1.37 bits per heavy atom. The van der Waals surface area contributed by atoms with Crippen LogP contribution in [0.5, 0.6) is 0 Å². The van der Waals surface area contributed by atoms with Crippen molar-refractivity contribution in [1.82, 2.24) is 15.2 Å². The van der Waals surface area contributed by atoms with E-state index < -0.39 is 0 Å². The molecule has 1 aromatic heterocycles. The molecule has 0 radical (unpaired) electrons. The molecule has 102 valence electrons. The van der Waals surface area contributed by atoms with Crippen LogP contribution >= 0.6 is 0 Å². The van der Waals surface area contributed by atoms with Crippen molar-refractivity contribution >= 4 is 5.91 Å². The van der Waals surface area contributed by atoms with Crippen LogP contribution in [-0.2, 0) is 7.05 Å². The molecule has 2 atom stereocenters. The zero-order valence-electron chi connectivity index (χ0n) is 11.1. The fourth-order valence-electron chi connectivity index (χ4n) is 3.13. The largest absolute Gasteiger partial charge is 0.349 e. The minimum Gasteiger partial charge on any atom is -0.349 e. The Bertz CT molecular complexity index is 540. The number of hydrogen-bond acceptors (Lipinski definition) is 3. The van der Waals surface area contributed by atoms with Gasteiger partial charge in [0.15, 0.2) is 0 Å². The molecule has 1 aromatic rings. The fourth-order valence-corrected chi connectivity index (χ4v) is 3.13. The van der Waals surface area contributed by atoms with Crippen LogP contribution in [0.25, 0.3) is 0 Å². The predicted octanol–water partition coefficient (Wildman–Crippen LogP) is 0.398. The van der Waals surface area contributed by atoms with Gasteiger partial charge >= 0.3 is 0 Å². The lowest BCUT2D eigenvalue weighted by atomic mass is 9.99. The second-order valence-corrected chi connectivity index (χ2v) is 5.64. The molecule has 0 spiro atoms. The third-order valence-corrected chi connectivity index (χ3v) is 4.17. The van der Waals surface area contributed by atoms with E-state index in [0.29, 0.717) is 17.6 Å². The van der Waals surface area contributed by atoms with Gasteiger partial charge < -0.3 is 15.2 Å². The van der Waals surface area contributed by atoms with E-state index in [2.05, 4.69) is 10.6 Å². The highest BCUT2D eigenvalue weighted by atomic mass is 16.2. The molecule has 2 bridgehead atoms. The summed E-state index contributed by atoms with van der Waals surface area (Å²) in [6.45, 7) is 0. The molecule has 0 aliphatic carbocycles. The Labute approximate surface area is 112 Å². The van der Waals surface area contributed by atoms with E-state index in [9.17, 15) is 9.59 Å². The first-order chi connectivity index (χ1) is 9.11. The van der Waals surface area contributed by atoms with E-state index in [4.69, 9.17) is 0 Å². The quantitative estimate of drug-likeness (QED) is 0.810. The van der Waals surface area contributed by atoms with Gasteiger partial charge in [0.1, 0.15) is 0 Å². The third-order valence-electron chi connectivity index (χ3n) is 4.17. The van der Waals surface area contributed by atoms with Crippen molar-refractivity contribution in [3.05, 3.63) is 34.2 Å². The van der Waals surface area contributed by atoms with Crippen LogP contribution in [0, 0.1) is 0 Å². The maximum atomic E-state index is 12.1. The number of pyridine rings is 1. The lowest BCUT2D eigenvalue weighted by Crippen LogP contribution is -2.48. The summed E-state index contributed by atoms with van der Waals surface area (Å²) in [5.74, 6) is -0.135. The minimum atomic E-state index is -0.155. The molecule has 19 heavy (non-hydrogen) atoms. The number of amides is 1. The van der Waals surface area contributed by atoms with Gasteiger partial charge in [0.05, 0.1) is 0 Å². The van der Waals surface area contributed by atoms with Gasteiger partial charge in [-0.05, 0) is 31.7 Å². The second kappa shape index (κ2) is 4.81. The highest BCUT2D eigenvalue weighted by Crippen LogP contribution is 2.26. The summed E-state index contributed by atoms with van der Waals surface area (Å²) in [5.41, 5.74) is 0.298. The molecule has 2 saturated heterocycles. The number of piperidine rings is 1. The van der Waals surface area contributed by atoms with Crippen molar-refractivity contribution in [3.63, 3.8) is 0 Å². The van der Waals surface area contributed by atoms with Gasteiger partial charge in [-0.15, -0.1) is 0 Å². The molecule has 2 fully saturated rings. The van der Waals surface area contributed by atoms with Gasteiger partial charge in [-0.2, -0.15) is 0 Å². The summed E-state index contributed by atoms with van der Waals surface area (Å²) in [5, 5.41) is 6.60. The second-order valence-electron chi connectivity index (χ2n) is 5.64. The van der Waals surface area contributed by atoms with Crippen LogP contribution in [0.3, 0.4) is 0 Å². The summed E-state index contributed by atoms with van der Waals surface area (Å²) in [4.78, 5) is 23.7. The van der Waals surface area contributed by atoms with Crippen LogP contribution in [0.2, 0.25) is 0 Å². The molecule has 1 amide bonds. The van der Waals surface area contributed by atoms with E-state index in [-0.39, 0.29) is 17.5 Å². The van der Waals surface area contributed by atoms with Crippen LogP contribution in [0.4, 0.5) is 0 Å². The smallest absolute Gasteiger partial charge is 0.251 e. The van der Waals surface area contributed by atoms with E-state index in [1.54, 1.807) is 19.3 Å². The SMILES string of the molecule is Cn1ccc(C(=O)NC2CC3CCC(C2)N3)cc1=O. The molecular formula is C14H19N3O2. The highest BCUT2D eigenvalue weighted by Gasteiger charge is 2.34. The number of nitrogens with one attached hydrogen (secondary N) is 2. The first-order valence-electron chi connectivity index (χ1n) is 6.85. The van der Waals surface area contributed by atoms with Gasteiger partial charge in [0.2, 0.25) is 0 Å². The molecule has 5 nitrogen and oxygen atoms in total. The maximum absolute atomic E-state index is 12.1. The summed E-state index contributed by atoms with van der Waals surface area (Å²) in [7, 11) is 1.68. The topological polar surface area (TPSA) is 63.1 Å². The van der Waals surface area contributed by atoms with E-state index >= 15 is 0 Å². The lowest BCUT2D eigenvalue weighted by Gasteiger charge is -2.29. The Morgan fingerprint density at radius 2 is 2.05 bits per heavy atom. The van der Waals surface area contributed by atoms with Crippen LogP contribution in [0.1, 0.15) is 36.0 Å². The molecule has 2 aliphatic rings. The monoisotopic (exact) mass is 261 g/mol. The van der Waals surface area contributed by atoms with Crippen LogP contribution in [0.15, 0.2) is 23.1 Å². The number of hydrogen-bond donors (Lipinski definition) is 2. The van der Waals surface area contributed by atoms with Crippen molar-refractivity contribution in [2.75, 3.05) is 0 Å². The van der Waals surface area contributed by atoms with Crippen molar-refractivity contribution in [3.8, 4) is 0 Å². The molecule has 3 rings (SSSR count). The summed E-state index contributed by atoms with van der Waals surface area (Å²) in [6.07, 6.45) is 6.04. The van der Waals surface area contributed by atoms with Crippen molar-refractivity contribution < 1.29 is 4.79 Å². The number of carbonyl (C=O) groups excluding carboxylic acids is 1. The number of carbonyl (C=O) groups is 1. The summed E-state index contributed by atoms with van der Waals surface area (Å²) < 4.78 is 1.46. The van der Waals surface area contributed by atoms with Gasteiger partial charge in [0.25, 0.3) is 11.5 Å². The number of nitrogens with zero attached hydrogens (tertiary/aromatic N) is 1. The molecule has 0 saturated carbocycles. The van der Waals surface area contributed by atoms with Gasteiger partial charge in [-0.3, -0.25) is 9.59 Å². The third kappa shape index (κ3) is 2.56. The number of rotatable bonds is 2. The molecule has 2 unspecified atom stereocenters. The average molecular weight is 261 g/mol. The Hall–Kier alpha value is -1.62. The van der Waals surface area contributed by atoms with Gasteiger partial charge in [0, 0.05) is 43.0 Å². The maximum Gasteiger partial charge on any atom is 0.251 e. The lowest BCUT2D eigenvalue weighted by molar-refractivity contribution is 0.0923. The van der Waals surface area contributed by atoms with E-state index in [1.165, 1.54) is 23.5 Å². The number of fused-ring (bicyclic) bond motifs is 2. The zero-order chi connectivity index (χ0) is 13.4. The van der Waals surface area contributed by atoms with Crippen molar-refractivity contribution in [2.45, 2.75) is 43.8 Å². The standard InChI is InChI=1S/C14H19N3O2/c1-17-5-4-9(6-13(17)18)14(19)16-12-7-10-2-3-11(8-12)15-10/h4-6,10-12,15H,2-3,7-8H2,1H3,(H,16,19). The van der Waals surface area contributed by atoms with Crippen LogP contribution in [-0.4, -0.2) is 28.6 Å². The van der Waals surface area contributed by atoms with Crippen molar-refractivity contribution in [1.29, 1.82) is 0 Å². The molecule has 3 heterocycles. The molecule has 5 heteroatoms. The van der Waals surface area contributed by atoms with Crippen molar-refractivity contribution in [2.24, 2.45) is 7.05 Å². The average Bonchev–Trinajstić information content (AvgIpc) is 2.72. The minimum absolute atomic E-state index is 0.135. The Balaban J connectivity index is 1.67. The predicted molar refractivity (Wildman–Crippen MR) is 72.1 cm³/mol. The molecule has 0 aromatic carbocycles. The van der Waals surface area contributed by atoms with Crippen LogP contribution < -0.4 is 16.2 Å². The van der Waals surface area contributed by atoms with Gasteiger partial charge in [-0.25, -0.2) is 0 Å². The molecular weight excluding hydrogens is 242 g/mol. The molecule has 2 aliphatic heterocycles. The highest BCUT2D eigenvalue weighted by molar-refractivity contribution is 5.94. The van der Waals surface area contributed by atoms with E-state index in [0.717, 1.165) is 12.8 Å². The first kappa shape index (κ1) is 12.4. The first-order valence-corrected chi connectivity index (χ1v) is 6.85. The summed E-state index contributed by atoms with van der Waals surface area (Å²) >= 11 is 0. The number of aromatic nitrogens is 1. The fraction of sp³-hybridized carbons (Fsp3) is 0.571. The zero-order valence-corrected chi connectivity index (χ0v) is 11.1. The molecule has 2 N–H and O–H groups in total. The van der Waals surface area contributed by atoms with Gasteiger partial charge in [-0.1, -0.05) is 0 Å². The Morgan fingerprint density at radius 3 is 2.68 bits per heavy atom. The Kier molecular flexibility index (Phi) is 3.14. The van der Waals surface area contributed by atoms with E-state index in [1.807, 2.05) is 0 Å². The number of aryl methyl sites for hydroxylation is 1. The summed E-state index contributed by atoms with van der Waals surface area (Å²) in [6, 6.07) is 4.41. The normalized spacial score (nSPS) is 29.2.